The minimum Gasteiger partial charge on any atom is -0.395 e. The molecular weight excluding hydrogens is 180 g/mol. The number of carbonyl (C=O) groups excluding carboxylic acids is 1. The highest BCUT2D eigenvalue weighted by Gasteiger charge is 2.37. The molecule has 0 bridgehead atoms. The first-order valence-electron chi connectivity index (χ1n) is 5.34. The molecule has 0 saturated heterocycles. The Balaban J connectivity index is 2.53. The Morgan fingerprint density at radius 1 is 1.36 bits per heavy atom. The number of hydrogen-bond acceptors (Lipinski definition) is 3. The van der Waals surface area contributed by atoms with E-state index in [0.29, 0.717) is 13.1 Å². The zero-order valence-corrected chi connectivity index (χ0v) is 8.59. The van der Waals surface area contributed by atoms with Crippen LogP contribution in [0.1, 0.15) is 32.1 Å². The van der Waals surface area contributed by atoms with E-state index in [1.54, 1.807) is 0 Å². The zero-order valence-electron chi connectivity index (χ0n) is 8.59. The second-order valence-electron chi connectivity index (χ2n) is 4.02. The molecule has 14 heavy (non-hydrogen) atoms. The highest BCUT2D eigenvalue weighted by atomic mass is 16.3. The van der Waals surface area contributed by atoms with Gasteiger partial charge in [0.2, 0.25) is 5.91 Å². The molecule has 0 aromatic carbocycles. The Morgan fingerprint density at radius 2 is 2.00 bits per heavy atom. The first-order valence-corrected chi connectivity index (χ1v) is 5.34. The van der Waals surface area contributed by atoms with Crippen LogP contribution in [-0.2, 0) is 4.79 Å². The van der Waals surface area contributed by atoms with Gasteiger partial charge < -0.3 is 16.2 Å². The zero-order chi connectivity index (χ0) is 10.4. The molecule has 1 saturated carbocycles. The normalized spacial score (nSPS) is 20.4. The highest BCUT2D eigenvalue weighted by Crippen LogP contribution is 2.35. The van der Waals surface area contributed by atoms with Gasteiger partial charge in [0, 0.05) is 13.1 Å². The van der Waals surface area contributed by atoms with Gasteiger partial charge in [-0.2, -0.15) is 0 Å². The largest absolute Gasteiger partial charge is 0.395 e. The van der Waals surface area contributed by atoms with Gasteiger partial charge in [-0.25, -0.2) is 0 Å². The van der Waals surface area contributed by atoms with E-state index in [9.17, 15) is 4.79 Å². The maximum atomic E-state index is 11.8. The molecular formula is C10H20N2O2. The maximum absolute atomic E-state index is 11.8. The summed E-state index contributed by atoms with van der Waals surface area (Å²) in [4.78, 5) is 11.8. The van der Waals surface area contributed by atoms with E-state index < -0.39 is 0 Å². The lowest BCUT2D eigenvalue weighted by Gasteiger charge is -2.34. The fourth-order valence-electron chi connectivity index (χ4n) is 2.11. The van der Waals surface area contributed by atoms with Crippen molar-refractivity contribution in [2.45, 2.75) is 32.1 Å². The van der Waals surface area contributed by atoms with Gasteiger partial charge in [-0.1, -0.05) is 19.3 Å². The number of rotatable bonds is 4. The Kier molecular flexibility index (Phi) is 4.35. The molecule has 4 heteroatoms. The number of carbonyl (C=O) groups is 1. The second kappa shape index (κ2) is 5.32. The second-order valence-corrected chi connectivity index (χ2v) is 4.02. The lowest BCUT2D eigenvalue weighted by Crippen LogP contribution is -2.47. The molecule has 0 aliphatic heterocycles. The summed E-state index contributed by atoms with van der Waals surface area (Å²) >= 11 is 0. The molecule has 1 aliphatic carbocycles. The summed E-state index contributed by atoms with van der Waals surface area (Å²) < 4.78 is 0. The summed E-state index contributed by atoms with van der Waals surface area (Å²) in [5, 5.41) is 11.3. The van der Waals surface area contributed by atoms with E-state index >= 15 is 0 Å². The third-order valence-electron chi connectivity index (χ3n) is 3.08. The van der Waals surface area contributed by atoms with Gasteiger partial charge in [-0.15, -0.1) is 0 Å². The molecule has 82 valence electrons. The molecule has 0 aromatic heterocycles. The van der Waals surface area contributed by atoms with Crippen LogP contribution in [0.5, 0.6) is 0 Å². The minimum atomic E-state index is -0.354. The topological polar surface area (TPSA) is 75.4 Å². The average molecular weight is 200 g/mol. The van der Waals surface area contributed by atoms with Crippen molar-refractivity contribution >= 4 is 5.91 Å². The van der Waals surface area contributed by atoms with E-state index in [2.05, 4.69) is 5.32 Å². The molecule has 0 heterocycles. The fraction of sp³-hybridized carbons (Fsp3) is 0.900. The Morgan fingerprint density at radius 3 is 2.50 bits per heavy atom. The van der Waals surface area contributed by atoms with Crippen LogP contribution in [0.2, 0.25) is 0 Å². The molecule has 1 rings (SSSR count). The fourth-order valence-corrected chi connectivity index (χ4v) is 2.11. The van der Waals surface area contributed by atoms with Gasteiger partial charge in [-0.05, 0) is 12.8 Å². The van der Waals surface area contributed by atoms with Gasteiger partial charge in [0.15, 0.2) is 0 Å². The lowest BCUT2D eigenvalue weighted by molar-refractivity contribution is -0.132. The molecule has 0 aromatic rings. The molecule has 0 radical (unpaired) electrons. The van der Waals surface area contributed by atoms with Crippen molar-refractivity contribution in [2.24, 2.45) is 11.1 Å². The summed E-state index contributed by atoms with van der Waals surface area (Å²) in [6.07, 6.45) is 5.16. The predicted molar refractivity (Wildman–Crippen MR) is 54.7 cm³/mol. The van der Waals surface area contributed by atoms with Crippen molar-refractivity contribution in [1.82, 2.24) is 5.32 Å². The summed E-state index contributed by atoms with van der Waals surface area (Å²) in [6, 6.07) is 0. The summed E-state index contributed by atoms with van der Waals surface area (Å²) in [6.45, 7) is 0.747. The molecule has 1 amide bonds. The van der Waals surface area contributed by atoms with Crippen molar-refractivity contribution in [3.63, 3.8) is 0 Å². The maximum Gasteiger partial charge on any atom is 0.227 e. The molecule has 0 spiro atoms. The van der Waals surface area contributed by atoms with Gasteiger partial charge >= 0.3 is 0 Å². The van der Waals surface area contributed by atoms with Crippen molar-refractivity contribution in [3.8, 4) is 0 Å². The summed E-state index contributed by atoms with van der Waals surface area (Å²) in [7, 11) is 0. The molecule has 4 nitrogen and oxygen atoms in total. The van der Waals surface area contributed by atoms with Crippen LogP contribution in [0.15, 0.2) is 0 Å². The van der Waals surface area contributed by atoms with Gasteiger partial charge in [0.25, 0.3) is 0 Å². The van der Waals surface area contributed by atoms with Gasteiger partial charge in [-0.3, -0.25) is 4.79 Å². The lowest BCUT2D eigenvalue weighted by atomic mass is 9.73. The molecule has 0 unspecified atom stereocenters. The van der Waals surface area contributed by atoms with Crippen LogP contribution in [0, 0.1) is 5.41 Å². The summed E-state index contributed by atoms with van der Waals surface area (Å²) in [5.74, 6) is 0.0220. The van der Waals surface area contributed by atoms with Crippen LogP contribution in [0.25, 0.3) is 0 Å². The first kappa shape index (κ1) is 11.5. The number of aliphatic hydroxyl groups excluding tert-OH is 1. The van der Waals surface area contributed by atoms with Crippen LogP contribution >= 0.6 is 0 Å². The monoisotopic (exact) mass is 200 g/mol. The standard InChI is InChI=1S/C10H20N2O2/c11-8-10(4-2-1-3-5-10)9(14)12-6-7-13/h13H,1-8,11H2,(H,12,14). The van der Waals surface area contributed by atoms with E-state index in [1.807, 2.05) is 0 Å². The molecule has 4 N–H and O–H groups in total. The number of nitrogens with one attached hydrogen (secondary N) is 1. The number of aliphatic hydroxyl groups is 1. The van der Waals surface area contributed by atoms with Crippen molar-refractivity contribution in [1.29, 1.82) is 0 Å². The minimum absolute atomic E-state index is 0.00755. The van der Waals surface area contributed by atoms with Crippen molar-refractivity contribution in [2.75, 3.05) is 19.7 Å². The first-order chi connectivity index (χ1) is 6.75. The third-order valence-corrected chi connectivity index (χ3v) is 3.08. The van der Waals surface area contributed by atoms with Gasteiger partial charge in [0.1, 0.15) is 0 Å². The van der Waals surface area contributed by atoms with Crippen LogP contribution in [-0.4, -0.2) is 30.7 Å². The quantitative estimate of drug-likeness (QED) is 0.598. The molecule has 1 fully saturated rings. The van der Waals surface area contributed by atoms with Crippen LogP contribution in [0.3, 0.4) is 0 Å². The smallest absolute Gasteiger partial charge is 0.227 e. The van der Waals surface area contributed by atoms with E-state index in [-0.39, 0.29) is 17.9 Å². The van der Waals surface area contributed by atoms with E-state index in [0.717, 1.165) is 25.7 Å². The average Bonchev–Trinajstić information content (AvgIpc) is 2.26. The van der Waals surface area contributed by atoms with Crippen molar-refractivity contribution < 1.29 is 9.90 Å². The predicted octanol–water partition coefficient (Wildman–Crippen LogP) is 0.00410. The molecule has 0 atom stereocenters. The highest BCUT2D eigenvalue weighted by molar-refractivity contribution is 5.82. The van der Waals surface area contributed by atoms with Gasteiger partial charge in [0.05, 0.1) is 12.0 Å². The SMILES string of the molecule is NCC1(C(=O)NCCO)CCCCC1. The Labute approximate surface area is 84.9 Å². The van der Waals surface area contributed by atoms with Crippen molar-refractivity contribution in [3.05, 3.63) is 0 Å². The Bertz CT molecular complexity index is 189. The number of nitrogens with two attached hydrogens (primary N) is 1. The number of amides is 1. The van der Waals surface area contributed by atoms with Crippen LogP contribution < -0.4 is 11.1 Å². The molecule has 1 aliphatic rings. The van der Waals surface area contributed by atoms with E-state index in [4.69, 9.17) is 10.8 Å². The van der Waals surface area contributed by atoms with E-state index in [1.165, 1.54) is 6.42 Å². The summed E-state index contributed by atoms with van der Waals surface area (Å²) in [5.41, 5.74) is 5.33. The third kappa shape index (κ3) is 2.45. The van der Waals surface area contributed by atoms with Crippen LogP contribution in [0.4, 0.5) is 0 Å². The number of hydrogen-bond donors (Lipinski definition) is 3. The Hall–Kier alpha value is -0.610.